The van der Waals surface area contributed by atoms with Gasteiger partial charge in [0.1, 0.15) is 5.01 Å². The van der Waals surface area contributed by atoms with Crippen LogP contribution in [-0.2, 0) is 14.8 Å². The lowest BCUT2D eigenvalue weighted by atomic mass is 10.2. The smallest absolute Gasteiger partial charge is 0.264 e. The van der Waals surface area contributed by atoms with Crippen LogP contribution in [0.25, 0.3) is 0 Å². The molecule has 0 bridgehead atoms. The van der Waals surface area contributed by atoms with E-state index in [4.69, 9.17) is 17.3 Å². The van der Waals surface area contributed by atoms with Crippen LogP contribution in [0.15, 0.2) is 23.1 Å². The fourth-order valence-electron chi connectivity index (χ4n) is 1.62. The highest BCUT2D eigenvalue weighted by atomic mass is 35.5. The summed E-state index contributed by atoms with van der Waals surface area (Å²) in [6.07, 6.45) is 0. The molecule has 118 valence electrons. The zero-order valence-electron chi connectivity index (χ0n) is 11.7. The van der Waals surface area contributed by atoms with E-state index >= 15 is 0 Å². The molecule has 0 saturated carbocycles. The molecule has 1 aromatic carbocycles. The minimum atomic E-state index is -3.84. The van der Waals surface area contributed by atoms with Crippen LogP contribution < -0.4 is 10.5 Å². The van der Waals surface area contributed by atoms with E-state index in [1.54, 1.807) is 26.0 Å². The first-order valence-corrected chi connectivity index (χ1v) is 8.81. The van der Waals surface area contributed by atoms with Crippen molar-refractivity contribution in [2.75, 3.05) is 4.72 Å². The molecule has 7 nitrogen and oxygen atoms in total. The van der Waals surface area contributed by atoms with Gasteiger partial charge in [-0.2, -0.15) is 0 Å². The number of aromatic nitrogens is 2. The number of carbonyl (C=O) groups excluding carboxylic acids is 1. The van der Waals surface area contributed by atoms with Crippen LogP contribution in [0.3, 0.4) is 0 Å². The molecule has 2 aromatic rings. The number of sulfonamides is 1. The number of nitrogens with one attached hydrogen (secondary N) is 1. The Morgan fingerprint density at radius 1 is 1.41 bits per heavy atom. The normalized spacial score (nSPS) is 12.9. The minimum Gasteiger partial charge on any atom is -0.369 e. The second kappa shape index (κ2) is 6.19. The van der Waals surface area contributed by atoms with E-state index in [-0.39, 0.29) is 10.0 Å². The molecule has 22 heavy (non-hydrogen) atoms. The van der Waals surface area contributed by atoms with E-state index in [0.717, 1.165) is 11.3 Å². The molecule has 1 amide bonds. The zero-order valence-corrected chi connectivity index (χ0v) is 14.1. The SMILES string of the molecule is Cc1c(Cl)cccc1S(=O)(=O)Nc1nnc(C(C)C(N)=O)s1. The summed E-state index contributed by atoms with van der Waals surface area (Å²) in [5.74, 6) is -1.19. The number of anilines is 1. The van der Waals surface area contributed by atoms with Crippen molar-refractivity contribution in [3.8, 4) is 0 Å². The summed E-state index contributed by atoms with van der Waals surface area (Å²) in [7, 11) is -3.84. The maximum atomic E-state index is 12.4. The van der Waals surface area contributed by atoms with Crippen molar-refractivity contribution in [1.82, 2.24) is 10.2 Å². The predicted octanol–water partition coefficient (Wildman–Crippen LogP) is 1.89. The number of carbonyl (C=O) groups is 1. The Hall–Kier alpha value is -1.71. The maximum Gasteiger partial charge on any atom is 0.264 e. The van der Waals surface area contributed by atoms with Crippen LogP contribution in [0.5, 0.6) is 0 Å². The number of primary amides is 1. The number of hydrogen-bond donors (Lipinski definition) is 2. The topological polar surface area (TPSA) is 115 Å². The van der Waals surface area contributed by atoms with Gasteiger partial charge in [0.15, 0.2) is 0 Å². The van der Waals surface area contributed by atoms with Gasteiger partial charge in [-0.1, -0.05) is 29.0 Å². The van der Waals surface area contributed by atoms with Gasteiger partial charge in [0.05, 0.1) is 10.8 Å². The summed E-state index contributed by atoms with van der Waals surface area (Å²) in [4.78, 5) is 11.2. The summed E-state index contributed by atoms with van der Waals surface area (Å²) in [5.41, 5.74) is 5.62. The van der Waals surface area contributed by atoms with Crippen molar-refractivity contribution in [3.05, 3.63) is 33.8 Å². The quantitative estimate of drug-likeness (QED) is 0.844. The van der Waals surface area contributed by atoms with E-state index in [1.807, 2.05) is 0 Å². The van der Waals surface area contributed by atoms with E-state index in [0.29, 0.717) is 15.6 Å². The van der Waals surface area contributed by atoms with Crippen LogP contribution in [0, 0.1) is 6.92 Å². The Bertz CT molecular complexity index is 820. The van der Waals surface area contributed by atoms with Crippen LogP contribution in [0.2, 0.25) is 5.02 Å². The van der Waals surface area contributed by atoms with Crippen molar-refractivity contribution >= 4 is 44.0 Å². The molecule has 1 heterocycles. The number of amides is 1. The zero-order chi connectivity index (χ0) is 16.5. The Morgan fingerprint density at radius 3 is 2.73 bits per heavy atom. The third-order valence-corrected chi connectivity index (χ3v) is 6.01. The number of halogens is 1. The van der Waals surface area contributed by atoms with Gasteiger partial charge in [-0.25, -0.2) is 8.42 Å². The van der Waals surface area contributed by atoms with Gasteiger partial charge in [-0.05, 0) is 31.5 Å². The van der Waals surface area contributed by atoms with E-state index in [2.05, 4.69) is 14.9 Å². The predicted molar refractivity (Wildman–Crippen MR) is 84.5 cm³/mol. The number of nitrogens with two attached hydrogens (primary N) is 1. The molecule has 0 aliphatic carbocycles. The highest BCUT2D eigenvalue weighted by molar-refractivity contribution is 7.93. The van der Waals surface area contributed by atoms with E-state index in [9.17, 15) is 13.2 Å². The molecule has 3 N–H and O–H groups in total. The first-order chi connectivity index (χ1) is 10.2. The summed E-state index contributed by atoms with van der Waals surface area (Å²) in [5, 5.41) is 8.24. The first-order valence-electron chi connectivity index (χ1n) is 6.13. The van der Waals surface area contributed by atoms with Gasteiger partial charge in [0, 0.05) is 5.02 Å². The van der Waals surface area contributed by atoms with Gasteiger partial charge in [-0.15, -0.1) is 10.2 Å². The Kier molecular flexibility index (Phi) is 4.69. The second-order valence-electron chi connectivity index (χ2n) is 4.54. The van der Waals surface area contributed by atoms with Crippen LogP contribution >= 0.6 is 22.9 Å². The fourth-order valence-corrected chi connectivity index (χ4v) is 4.15. The average molecular weight is 361 g/mol. The second-order valence-corrected chi connectivity index (χ2v) is 7.61. The third-order valence-electron chi connectivity index (χ3n) is 2.97. The van der Waals surface area contributed by atoms with Gasteiger partial charge in [0.25, 0.3) is 10.0 Å². The molecular weight excluding hydrogens is 348 g/mol. The van der Waals surface area contributed by atoms with E-state index < -0.39 is 21.8 Å². The first kappa shape index (κ1) is 16.7. The lowest BCUT2D eigenvalue weighted by Crippen LogP contribution is -2.18. The lowest BCUT2D eigenvalue weighted by Gasteiger charge is -2.08. The molecule has 0 saturated heterocycles. The van der Waals surface area contributed by atoms with Crippen LogP contribution in [-0.4, -0.2) is 24.5 Å². The van der Waals surface area contributed by atoms with Crippen LogP contribution in [0.1, 0.15) is 23.4 Å². The van der Waals surface area contributed by atoms with E-state index in [1.165, 1.54) is 6.07 Å². The Morgan fingerprint density at radius 2 is 2.09 bits per heavy atom. The molecule has 0 aliphatic heterocycles. The molecule has 1 atom stereocenters. The van der Waals surface area contributed by atoms with Gasteiger partial charge < -0.3 is 5.73 Å². The van der Waals surface area contributed by atoms with Gasteiger partial charge >= 0.3 is 0 Å². The molecule has 0 radical (unpaired) electrons. The highest BCUT2D eigenvalue weighted by Gasteiger charge is 2.22. The number of rotatable bonds is 5. The highest BCUT2D eigenvalue weighted by Crippen LogP contribution is 2.27. The van der Waals surface area contributed by atoms with Crippen molar-refractivity contribution in [2.24, 2.45) is 5.73 Å². The largest absolute Gasteiger partial charge is 0.369 e. The molecule has 0 spiro atoms. The minimum absolute atomic E-state index is 0.0553. The summed E-state index contributed by atoms with van der Waals surface area (Å²) >= 11 is 6.89. The fraction of sp³-hybridized carbons (Fsp3) is 0.250. The summed E-state index contributed by atoms with van der Waals surface area (Å²) < 4.78 is 27.1. The van der Waals surface area contributed by atoms with Crippen molar-refractivity contribution in [1.29, 1.82) is 0 Å². The lowest BCUT2D eigenvalue weighted by molar-refractivity contribution is -0.119. The van der Waals surface area contributed by atoms with Crippen molar-refractivity contribution in [2.45, 2.75) is 24.7 Å². The van der Waals surface area contributed by atoms with Gasteiger partial charge in [0.2, 0.25) is 11.0 Å². The molecule has 1 unspecified atom stereocenters. The molecule has 0 fully saturated rings. The molecule has 2 rings (SSSR count). The van der Waals surface area contributed by atoms with Crippen molar-refractivity contribution < 1.29 is 13.2 Å². The monoisotopic (exact) mass is 360 g/mol. The Balaban J connectivity index is 2.30. The average Bonchev–Trinajstić information content (AvgIpc) is 2.88. The molecule has 10 heteroatoms. The summed E-state index contributed by atoms with van der Waals surface area (Å²) in [6.45, 7) is 3.18. The Labute approximate surface area is 136 Å². The molecule has 1 aromatic heterocycles. The number of hydrogen-bond acceptors (Lipinski definition) is 6. The van der Waals surface area contributed by atoms with Crippen molar-refractivity contribution in [3.63, 3.8) is 0 Å². The standard InChI is InChI=1S/C12H13ClN4O3S2/c1-6-8(13)4-3-5-9(6)22(19,20)17-12-16-15-11(21-12)7(2)10(14)18/h3-5,7H,1-2H3,(H2,14,18)(H,16,17). The maximum absolute atomic E-state index is 12.4. The number of benzene rings is 1. The molecular formula is C12H13ClN4O3S2. The summed E-state index contributed by atoms with van der Waals surface area (Å²) in [6, 6.07) is 4.59. The molecule has 0 aliphatic rings. The van der Waals surface area contributed by atoms with Crippen LogP contribution in [0.4, 0.5) is 5.13 Å². The third kappa shape index (κ3) is 3.37. The number of nitrogens with zero attached hydrogens (tertiary/aromatic N) is 2. The van der Waals surface area contributed by atoms with Gasteiger partial charge in [-0.3, -0.25) is 9.52 Å².